The summed E-state index contributed by atoms with van der Waals surface area (Å²) in [7, 11) is 1.67. The number of carbonyl (C=O) groups is 2. The molecule has 98 valence electrons. The average molecular weight is 252 g/mol. The topological polar surface area (TPSA) is 101 Å². The van der Waals surface area contributed by atoms with Crippen LogP contribution in [0, 0.1) is 6.92 Å². The number of anilines is 1. The minimum Gasteiger partial charge on any atom is -0.477 e. The van der Waals surface area contributed by atoms with Crippen LogP contribution in [0.2, 0.25) is 0 Å². The number of carboxylic acids is 1. The minimum atomic E-state index is -1.04. The Morgan fingerprint density at radius 1 is 1.50 bits per heavy atom. The molecule has 7 heteroatoms. The number of nitrogens with zero attached hydrogens (tertiary/aromatic N) is 3. The molecule has 0 saturated carbocycles. The van der Waals surface area contributed by atoms with Gasteiger partial charge < -0.3 is 15.7 Å². The zero-order valence-electron chi connectivity index (χ0n) is 10.4. The zero-order valence-corrected chi connectivity index (χ0v) is 10.4. The van der Waals surface area contributed by atoms with E-state index in [0.717, 1.165) is 6.42 Å². The van der Waals surface area contributed by atoms with E-state index in [0.29, 0.717) is 24.5 Å². The van der Waals surface area contributed by atoms with Gasteiger partial charge in [0.1, 0.15) is 17.4 Å². The molecule has 0 bridgehead atoms. The molecule has 0 aliphatic carbocycles. The van der Waals surface area contributed by atoms with Gasteiger partial charge in [-0.15, -0.1) is 0 Å². The van der Waals surface area contributed by atoms with Crippen molar-refractivity contribution in [3.05, 3.63) is 11.3 Å². The quantitative estimate of drug-likeness (QED) is 0.781. The molecule has 0 spiro atoms. The second-order valence-electron chi connectivity index (χ2n) is 4.47. The lowest BCUT2D eigenvalue weighted by Gasteiger charge is -2.24. The van der Waals surface area contributed by atoms with Crippen LogP contribution >= 0.6 is 0 Å². The molecule has 1 aromatic heterocycles. The fourth-order valence-corrected chi connectivity index (χ4v) is 2.54. The van der Waals surface area contributed by atoms with Crippen molar-refractivity contribution in [3.8, 4) is 0 Å². The van der Waals surface area contributed by atoms with E-state index in [2.05, 4.69) is 5.10 Å². The van der Waals surface area contributed by atoms with Crippen LogP contribution in [0.5, 0.6) is 0 Å². The first kappa shape index (κ1) is 12.4. The Kier molecular flexibility index (Phi) is 2.98. The lowest BCUT2D eigenvalue weighted by molar-refractivity contribution is -0.119. The number of hydrogen-bond donors (Lipinski definition) is 2. The lowest BCUT2D eigenvalue weighted by atomic mass is 10.2. The molecular weight excluding hydrogens is 236 g/mol. The molecule has 3 N–H and O–H groups in total. The van der Waals surface area contributed by atoms with Gasteiger partial charge in [-0.25, -0.2) is 4.79 Å². The first-order valence-electron chi connectivity index (χ1n) is 5.76. The van der Waals surface area contributed by atoms with Crippen molar-refractivity contribution in [2.24, 2.45) is 12.8 Å². The van der Waals surface area contributed by atoms with E-state index in [1.165, 1.54) is 4.68 Å². The van der Waals surface area contributed by atoms with Gasteiger partial charge in [-0.1, -0.05) is 0 Å². The van der Waals surface area contributed by atoms with Gasteiger partial charge in [-0.05, 0) is 19.8 Å². The highest BCUT2D eigenvalue weighted by atomic mass is 16.4. The number of aromatic carboxylic acids is 1. The Bertz CT molecular complexity index is 509. The first-order chi connectivity index (χ1) is 8.43. The van der Waals surface area contributed by atoms with Crippen molar-refractivity contribution in [2.45, 2.75) is 25.8 Å². The summed E-state index contributed by atoms with van der Waals surface area (Å²) >= 11 is 0. The third kappa shape index (κ3) is 1.81. The summed E-state index contributed by atoms with van der Waals surface area (Å²) in [6.07, 6.45) is 1.47. The first-order valence-corrected chi connectivity index (χ1v) is 5.76. The summed E-state index contributed by atoms with van der Waals surface area (Å²) in [5, 5.41) is 13.4. The van der Waals surface area contributed by atoms with Crippen molar-refractivity contribution in [1.82, 2.24) is 9.78 Å². The summed E-state index contributed by atoms with van der Waals surface area (Å²) in [5.74, 6) is -1.00. The van der Waals surface area contributed by atoms with Gasteiger partial charge in [0, 0.05) is 13.6 Å². The Morgan fingerprint density at radius 2 is 2.17 bits per heavy atom. The molecule has 18 heavy (non-hydrogen) atoms. The van der Waals surface area contributed by atoms with E-state index in [-0.39, 0.29) is 5.56 Å². The second-order valence-corrected chi connectivity index (χ2v) is 4.47. The largest absolute Gasteiger partial charge is 0.477 e. The minimum absolute atomic E-state index is 0.144. The molecule has 2 rings (SSSR count). The summed E-state index contributed by atoms with van der Waals surface area (Å²) in [4.78, 5) is 24.4. The molecule has 1 aliphatic heterocycles. The maximum absolute atomic E-state index is 11.4. The van der Waals surface area contributed by atoms with Gasteiger partial charge in [0.25, 0.3) is 0 Å². The van der Waals surface area contributed by atoms with Gasteiger partial charge in [0.05, 0.1) is 5.69 Å². The van der Waals surface area contributed by atoms with Crippen LogP contribution in [0.15, 0.2) is 0 Å². The highest BCUT2D eigenvalue weighted by Gasteiger charge is 2.34. The maximum Gasteiger partial charge on any atom is 0.341 e. The van der Waals surface area contributed by atoms with Crippen molar-refractivity contribution >= 4 is 17.7 Å². The predicted molar refractivity (Wildman–Crippen MR) is 64.5 cm³/mol. The highest BCUT2D eigenvalue weighted by Crippen LogP contribution is 2.30. The molecular formula is C11H16N4O3. The Balaban J connectivity index is 2.50. The Morgan fingerprint density at radius 3 is 2.72 bits per heavy atom. The van der Waals surface area contributed by atoms with E-state index in [4.69, 9.17) is 5.73 Å². The van der Waals surface area contributed by atoms with E-state index < -0.39 is 17.9 Å². The number of primary amides is 1. The maximum atomic E-state index is 11.4. The molecule has 1 amide bonds. The van der Waals surface area contributed by atoms with Crippen molar-refractivity contribution in [2.75, 3.05) is 11.4 Å². The summed E-state index contributed by atoms with van der Waals surface area (Å²) < 4.78 is 1.50. The van der Waals surface area contributed by atoms with Crippen LogP contribution in [0.25, 0.3) is 0 Å². The SMILES string of the molecule is Cc1nn(C)c(N2CCCC2C(N)=O)c1C(=O)O. The van der Waals surface area contributed by atoms with Crippen LogP contribution in [0.4, 0.5) is 5.82 Å². The van der Waals surface area contributed by atoms with E-state index in [9.17, 15) is 14.7 Å². The number of carboxylic acid groups (broad SMARTS) is 1. The van der Waals surface area contributed by atoms with E-state index in [1.807, 2.05) is 0 Å². The highest BCUT2D eigenvalue weighted by molar-refractivity contribution is 5.96. The number of hydrogen-bond acceptors (Lipinski definition) is 4. The predicted octanol–water partition coefficient (Wildman–Crippen LogP) is -0.119. The van der Waals surface area contributed by atoms with Gasteiger partial charge in [0.2, 0.25) is 5.91 Å². The number of aryl methyl sites for hydroxylation is 2. The second kappa shape index (κ2) is 4.32. The number of aromatic nitrogens is 2. The van der Waals surface area contributed by atoms with Gasteiger partial charge >= 0.3 is 5.97 Å². The lowest BCUT2D eigenvalue weighted by Crippen LogP contribution is -2.41. The molecule has 1 atom stereocenters. The molecule has 1 aliphatic rings. The molecule has 0 radical (unpaired) electrons. The molecule has 2 heterocycles. The van der Waals surface area contributed by atoms with Crippen LogP contribution < -0.4 is 10.6 Å². The summed E-state index contributed by atoms with van der Waals surface area (Å²) in [6.45, 7) is 2.26. The van der Waals surface area contributed by atoms with Crippen LogP contribution in [0.3, 0.4) is 0 Å². The van der Waals surface area contributed by atoms with Crippen LogP contribution in [0.1, 0.15) is 28.9 Å². The van der Waals surface area contributed by atoms with Crippen molar-refractivity contribution < 1.29 is 14.7 Å². The van der Waals surface area contributed by atoms with Gasteiger partial charge in [-0.3, -0.25) is 9.48 Å². The molecule has 1 fully saturated rings. The third-order valence-corrected chi connectivity index (χ3v) is 3.26. The standard InChI is InChI=1S/C11H16N4O3/c1-6-8(11(17)18)10(14(2)13-6)15-5-3-4-7(15)9(12)16/h7H,3-5H2,1-2H3,(H2,12,16)(H,17,18). The monoisotopic (exact) mass is 252 g/mol. The molecule has 0 aromatic carbocycles. The zero-order chi connectivity index (χ0) is 13.4. The normalized spacial score (nSPS) is 19.2. The van der Waals surface area contributed by atoms with Crippen molar-refractivity contribution in [1.29, 1.82) is 0 Å². The van der Waals surface area contributed by atoms with Gasteiger partial charge in [0.15, 0.2) is 0 Å². The van der Waals surface area contributed by atoms with Crippen LogP contribution in [-0.4, -0.2) is 39.4 Å². The molecule has 1 unspecified atom stereocenters. The Hall–Kier alpha value is -2.05. The Labute approximate surface area is 104 Å². The molecule has 1 aromatic rings. The summed E-state index contributed by atoms with van der Waals surface area (Å²) in [5.41, 5.74) is 5.93. The third-order valence-electron chi connectivity index (χ3n) is 3.26. The number of carbonyl (C=O) groups excluding carboxylic acids is 1. The van der Waals surface area contributed by atoms with Gasteiger partial charge in [-0.2, -0.15) is 5.10 Å². The smallest absolute Gasteiger partial charge is 0.341 e. The number of amides is 1. The summed E-state index contributed by atoms with van der Waals surface area (Å²) in [6, 6.07) is -0.446. The fraction of sp³-hybridized carbons (Fsp3) is 0.545. The van der Waals surface area contributed by atoms with Crippen LogP contribution in [-0.2, 0) is 11.8 Å². The average Bonchev–Trinajstić information content (AvgIpc) is 2.81. The molecule has 7 nitrogen and oxygen atoms in total. The number of nitrogens with two attached hydrogens (primary N) is 1. The van der Waals surface area contributed by atoms with E-state index in [1.54, 1.807) is 18.9 Å². The van der Waals surface area contributed by atoms with Crippen molar-refractivity contribution in [3.63, 3.8) is 0 Å². The molecule has 1 saturated heterocycles. The fourth-order valence-electron chi connectivity index (χ4n) is 2.54. The van der Waals surface area contributed by atoms with E-state index >= 15 is 0 Å². The number of rotatable bonds is 3.